The van der Waals surface area contributed by atoms with E-state index in [1.54, 1.807) is 24.3 Å². The maximum absolute atomic E-state index is 11.4. The molecule has 0 fully saturated rings. The Hall–Kier alpha value is -3.05. The van der Waals surface area contributed by atoms with E-state index in [-0.39, 0.29) is 12.4 Å². The Morgan fingerprint density at radius 3 is 2.32 bits per heavy atom. The van der Waals surface area contributed by atoms with Crippen LogP contribution < -0.4 is 4.74 Å². The lowest BCUT2D eigenvalue weighted by atomic mass is 9.98. The number of aromatic nitrogens is 1. The molecule has 0 saturated heterocycles. The molecule has 1 N–H and O–H groups in total. The summed E-state index contributed by atoms with van der Waals surface area (Å²) in [6.07, 6.45) is 0.306. The molecule has 4 aromatic rings. The highest BCUT2D eigenvalue weighted by molar-refractivity contribution is 7.86. The van der Waals surface area contributed by atoms with Gasteiger partial charge in [0.1, 0.15) is 11.5 Å². The molecule has 0 aliphatic rings. The van der Waals surface area contributed by atoms with Crippen molar-refractivity contribution in [3.8, 4) is 17.0 Å². The number of para-hydroxylation sites is 1. The predicted molar refractivity (Wildman–Crippen MR) is 131 cm³/mol. The summed E-state index contributed by atoms with van der Waals surface area (Å²) in [7, 11) is -6.53. The minimum Gasteiger partial charge on any atom is -0.494 e. The van der Waals surface area contributed by atoms with Gasteiger partial charge in [-0.1, -0.05) is 30.3 Å². The molecule has 0 bridgehead atoms. The van der Waals surface area contributed by atoms with Crippen LogP contribution in [0.1, 0.15) is 12.0 Å². The number of pyridine rings is 1. The van der Waals surface area contributed by atoms with E-state index in [4.69, 9.17) is 9.72 Å². The van der Waals surface area contributed by atoms with Crippen molar-refractivity contribution in [3.05, 3.63) is 72.3 Å². The molecule has 8 nitrogen and oxygen atoms in total. The summed E-state index contributed by atoms with van der Waals surface area (Å²) in [4.78, 5) is 4.83. The van der Waals surface area contributed by atoms with E-state index in [9.17, 15) is 21.4 Å². The Bertz CT molecular complexity index is 1550. The lowest BCUT2D eigenvalue weighted by Gasteiger charge is -2.12. The highest BCUT2D eigenvalue weighted by Gasteiger charge is 2.14. The fourth-order valence-corrected chi connectivity index (χ4v) is 4.98. The van der Waals surface area contributed by atoms with Crippen molar-refractivity contribution in [2.45, 2.75) is 12.2 Å². The first kappa shape index (κ1) is 24.1. The molecule has 178 valence electrons. The molecule has 34 heavy (non-hydrogen) atoms. The summed E-state index contributed by atoms with van der Waals surface area (Å²) in [6.45, 7) is 0.232. The normalized spacial score (nSPS) is 12.3. The van der Waals surface area contributed by atoms with Crippen LogP contribution in [0.5, 0.6) is 5.75 Å². The number of hydrogen-bond donors (Lipinski definition) is 1. The molecule has 4 rings (SSSR count). The number of rotatable bonds is 9. The molecule has 0 radical (unpaired) electrons. The molecular weight excluding hydrogens is 478 g/mol. The number of ether oxygens (including phenoxy) is 1. The van der Waals surface area contributed by atoms with Crippen LogP contribution in [-0.2, 0) is 30.2 Å². The van der Waals surface area contributed by atoms with E-state index in [0.717, 1.165) is 40.0 Å². The molecule has 0 aliphatic carbocycles. The third-order valence-corrected chi connectivity index (χ3v) is 7.30. The monoisotopic (exact) mass is 501 g/mol. The van der Waals surface area contributed by atoms with Gasteiger partial charge in [-0.05, 0) is 53.8 Å². The van der Waals surface area contributed by atoms with Gasteiger partial charge in [0.25, 0.3) is 20.2 Å². The summed E-state index contributed by atoms with van der Waals surface area (Å²) in [5, 5.41) is 2.56. The van der Waals surface area contributed by atoms with Gasteiger partial charge in [-0.25, -0.2) is 4.98 Å². The summed E-state index contributed by atoms with van der Waals surface area (Å²) in [5.74, 6) is 0.0138. The molecule has 0 unspecified atom stereocenters. The summed E-state index contributed by atoms with van der Waals surface area (Å²) < 4.78 is 64.8. The van der Waals surface area contributed by atoms with E-state index in [0.29, 0.717) is 17.7 Å². The van der Waals surface area contributed by atoms with Crippen molar-refractivity contribution in [2.75, 3.05) is 19.5 Å². The van der Waals surface area contributed by atoms with Crippen LogP contribution in [0.2, 0.25) is 0 Å². The lowest BCUT2D eigenvalue weighted by Crippen LogP contribution is -2.11. The van der Waals surface area contributed by atoms with Gasteiger partial charge in [0.2, 0.25) is 0 Å². The third-order valence-electron chi connectivity index (χ3n) is 5.30. The van der Waals surface area contributed by atoms with Gasteiger partial charge in [0, 0.05) is 16.3 Å². The molecular formula is C24H23NO7S2. The van der Waals surface area contributed by atoms with E-state index in [1.165, 1.54) is 0 Å². The van der Waals surface area contributed by atoms with Crippen molar-refractivity contribution in [3.63, 3.8) is 0 Å². The highest BCUT2D eigenvalue weighted by atomic mass is 32.2. The van der Waals surface area contributed by atoms with Crippen molar-refractivity contribution in [1.82, 2.24) is 4.98 Å². The quantitative estimate of drug-likeness (QED) is 0.157. The Labute approximate surface area is 198 Å². The Morgan fingerprint density at radius 2 is 1.62 bits per heavy atom. The Kier molecular flexibility index (Phi) is 6.85. The third kappa shape index (κ3) is 5.71. The van der Waals surface area contributed by atoms with E-state index < -0.39 is 26.0 Å². The fraction of sp³-hybridized carbons (Fsp3) is 0.208. The van der Waals surface area contributed by atoms with Crippen molar-refractivity contribution < 1.29 is 30.3 Å². The Morgan fingerprint density at radius 1 is 0.882 bits per heavy atom. The lowest BCUT2D eigenvalue weighted by molar-refractivity contribution is 0.314. The zero-order valence-electron chi connectivity index (χ0n) is 18.3. The molecule has 1 aromatic heterocycles. The molecule has 0 spiro atoms. The maximum atomic E-state index is 11.4. The molecule has 0 aliphatic heterocycles. The smallest absolute Gasteiger partial charge is 0.269 e. The molecule has 3 aromatic carbocycles. The van der Waals surface area contributed by atoms with Gasteiger partial charge in [0.15, 0.2) is 0 Å². The van der Waals surface area contributed by atoms with Crippen LogP contribution in [0, 0.1) is 0 Å². The number of fused-ring (bicyclic) bond motifs is 3. The number of nitrogens with zero attached hydrogens (tertiary/aromatic N) is 1. The number of hydrogen-bond acceptors (Lipinski definition) is 7. The minimum atomic E-state index is -4.16. The first-order valence-corrected chi connectivity index (χ1v) is 13.6. The number of benzene rings is 3. The van der Waals surface area contributed by atoms with Gasteiger partial charge < -0.3 is 4.74 Å². The van der Waals surface area contributed by atoms with E-state index in [1.807, 2.05) is 42.5 Å². The van der Waals surface area contributed by atoms with Crippen molar-refractivity contribution in [1.29, 1.82) is 0 Å². The summed E-state index contributed by atoms with van der Waals surface area (Å²) >= 11 is 0. The van der Waals surface area contributed by atoms with Crippen LogP contribution in [0.15, 0.2) is 66.7 Å². The zero-order chi connectivity index (χ0) is 24.3. The fourth-order valence-electron chi connectivity index (χ4n) is 3.74. The average Bonchev–Trinajstić information content (AvgIpc) is 2.81. The van der Waals surface area contributed by atoms with Crippen LogP contribution in [0.25, 0.3) is 32.9 Å². The Balaban J connectivity index is 1.65. The van der Waals surface area contributed by atoms with Gasteiger partial charge >= 0.3 is 0 Å². The molecule has 10 heteroatoms. The molecule has 0 atom stereocenters. The zero-order valence-corrected chi connectivity index (χ0v) is 20.0. The summed E-state index contributed by atoms with van der Waals surface area (Å²) in [6, 6.07) is 20.1. The van der Waals surface area contributed by atoms with E-state index >= 15 is 0 Å². The second-order valence-corrected chi connectivity index (χ2v) is 11.0. The molecule has 0 saturated carbocycles. The van der Waals surface area contributed by atoms with Gasteiger partial charge in [0.05, 0.1) is 30.7 Å². The highest BCUT2D eigenvalue weighted by Crippen LogP contribution is 2.34. The first-order chi connectivity index (χ1) is 16.1. The second kappa shape index (κ2) is 9.67. The predicted octanol–water partition coefficient (Wildman–Crippen LogP) is 4.19. The van der Waals surface area contributed by atoms with Crippen LogP contribution in [0.4, 0.5) is 0 Å². The average molecular weight is 502 g/mol. The van der Waals surface area contributed by atoms with Crippen LogP contribution in [0.3, 0.4) is 0 Å². The van der Waals surface area contributed by atoms with Gasteiger partial charge in [-0.3, -0.25) is 8.74 Å². The van der Waals surface area contributed by atoms with Crippen LogP contribution in [-0.4, -0.2) is 45.8 Å². The van der Waals surface area contributed by atoms with Gasteiger partial charge in [-0.15, -0.1) is 0 Å². The maximum Gasteiger partial charge on any atom is 0.269 e. The van der Waals surface area contributed by atoms with Crippen molar-refractivity contribution in [2.24, 2.45) is 0 Å². The topological polar surface area (TPSA) is 120 Å². The van der Waals surface area contributed by atoms with E-state index in [2.05, 4.69) is 4.18 Å². The molecule has 1 heterocycles. The SMILES string of the molecule is COS(=O)(=O)CCCOc1ccc(-c2nc3ccccc3c3cc(CS(=O)(=O)O)ccc23)cc1. The van der Waals surface area contributed by atoms with Gasteiger partial charge in [-0.2, -0.15) is 16.8 Å². The minimum absolute atomic E-state index is 0.117. The summed E-state index contributed by atoms with van der Waals surface area (Å²) in [5.41, 5.74) is 2.81. The first-order valence-electron chi connectivity index (χ1n) is 10.4. The largest absolute Gasteiger partial charge is 0.494 e. The van der Waals surface area contributed by atoms with Crippen molar-refractivity contribution >= 4 is 41.9 Å². The second-order valence-electron chi connectivity index (χ2n) is 7.74. The van der Waals surface area contributed by atoms with Crippen LogP contribution >= 0.6 is 0 Å². The molecule has 0 amide bonds. The standard InChI is InChI=1S/C24H23NO7S2/c1-31-34(29,30)14-4-13-32-19-10-8-18(9-11-19)24-21-12-7-17(16-33(26,27)28)15-22(21)20-5-2-3-6-23(20)25-24/h2-3,5-12,15H,4,13-14,16H2,1H3,(H,26,27,28).